The van der Waals surface area contributed by atoms with Crippen LogP contribution in [0.15, 0.2) is 85.7 Å². The Bertz CT molecular complexity index is 1720. The molecule has 0 atom stereocenters. The molecular weight excluding hydrogens is 446 g/mol. The molecule has 0 bridgehead atoms. The molecule has 0 saturated carbocycles. The first-order valence-corrected chi connectivity index (χ1v) is 12.1. The van der Waals surface area contributed by atoms with E-state index in [-0.39, 0.29) is 0 Å². The van der Waals surface area contributed by atoms with Gasteiger partial charge in [-0.05, 0) is 55.3 Å². The number of nitrogens with zero attached hydrogens (tertiary/aromatic N) is 4. The molecule has 36 heavy (non-hydrogen) atoms. The zero-order valence-electron chi connectivity index (χ0n) is 20.3. The van der Waals surface area contributed by atoms with E-state index in [1.165, 1.54) is 0 Å². The van der Waals surface area contributed by atoms with Gasteiger partial charge in [-0.2, -0.15) is 5.10 Å². The second-order valence-corrected chi connectivity index (χ2v) is 9.12. The number of pyridine rings is 1. The second-order valence-electron chi connectivity index (χ2n) is 9.12. The van der Waals surface area contributed by atoms with Crippen molar-refractivity contribution in [3.8, 4) is 28.2 Å². The smallest absolute Gasteiger partial charge is 0.116 e. The van der Waals surface area contributed by atoms with Gasteiger partial charge in [-0.25, -0.2) is 4.98 Å². The average molecular weight is 474 g/mol. The predicted octanol–water partition coefficient (Wildman–Crippen LogP) is 6.99. The highest BCUT2D eigenvalue weighted by Crippen LogP contribution is 2.34. The number of allylic oxidation sites excluding steroid dienone is 1. The molecule has 0 fully saturated rings. The molecule has 0 unspecified atom stereocenters. The van der Waals surface area contributed by atoms with E-state index < -0.39 is 0 Å². The maximum Gasteiger partial charge on any atom is 0.116 e. The summed E-state index contributed by atoms with van der Waals surface area (Å²) in [4.78, 5) is 12.4. The van der Waals surface area contributed by atoms with Crippen LogP contribution in [0.4, 0.5) is 5.69 Å². The molecule has 6 aromatic rings. The molecule has 2 aromatic carbocycles. The number of aromatic amines is 2. The number of anilines is 1. The normalized spacial score (nSPS) is 11.4. The highest BCUT2D eigenvalue weighted by Gasteiger charge is 2.14. The van der Waals surface area contributed by atoms with Crippen molar-refractivity contribution in [3.63, 3.8) is 0 Å². The molecule has 0 aliphatic heterocycles. The first-order valence-electron chi connectivity index (χ1n) is 12.1. The first-order chi connectivity index (χ1) is 17.6. The van der Waals surface area contributed by atoms with Crippen LogP contribution >= 0.6 is 0 Å². The molecular formula is C29H27N7. The summed E-state index contributed by atoms with van der Waals surface area (Å²) in [6.07, 6.45) is 9.58. The van der Waals surface area contributed by atoms with E-state index in [0.29, 0.717) is 0 Å². The zero-order valence-corrected chi connectivity index (χ0v) is 20.3. The molecule has 3 N–H and O–H groups in total. The topological polar surface area (TPSA) is 87.2 Å². The van der Waals surface area contributed by atoms with E-state index >= 15 is 0 Å². The third-order valence-electron chi connectivity index (χ3n) is 6.39. The third kappa shape index (κ3) is 3.94. The summed E-state index contributed by atoms with van der Waals surface area (Å²) in [5.41, 5.74) is 9.99. The molecule has 7 nitrogen and oxygen atoms in total. The fraction of sp³-hybridized carbons (Fsp3) is 0.138. The lowest BCUT2D eigenvalue weighted by Gasteiger charge is -2.10. The van der Waals surface area contributed by atoms with Crippen LogP contribution in [-0.4, -0.2) is 29.7 Å². The average Bonchev–Trinajstić information content (AvgIpc) is 3.61. The van der Waals surface area contributed by atoms with E-state index in [1.54, 1.807) is 0 Å². The predicted molar refractivity (Wildman–Crippen MR) is 146 cm³/mol. The van der Waals surface area contributed by atoms with Crippen LogP contribution in [0.25, 0.3) is 50.0 Å². The number of hydrogen-bond donors (Lipinski definition) is 3. The van der Waals surface area contributed by atoms with Crippen molar-refractivity contribution in [1.82, 2.24) is 29.7 Å². The lowest BCUT2D eigenvalue weighted by molar-refractivity contribution is 0.913. The van der Waals surface area contributed by atoms with E-state index in [2.05, 4.69) is 97.1 Å². The highest BCUT2D eigenvalue weighted by molar-refractivity contribution is 5.99. The van der Waals surface area contributed by atoms with E-state index in [0.717, 1.165) is 79.9 Å². The Hall–Kier alpha value is -4.65. The maximum atomic E-state index is 4.66. The van der Waals surface area contributed by atoms with Crippen molar-refractivity contribution in [2.75, 3.05) is 5.32 Å². The van der Waals surface area contributed by atoms with Gasteiger partial charge in [0, 0.05) is 39.9 Å². The molecule has 0 aliphatic rings. The Morgan fingerprint density at radius 3 is 2.78 bits per heavy atom. The van der Waals surface area contributed by atoms with Gasteiger partial charge in [0.15, 0.2) is 0 Å². The van der Waals surface area contributed by atoms with Gasteiger partial charge in [-0.1, -0.05) is 32.1 Å². The van der Waals surface area contributed by atoms with Gasteiger partial charge in [-0.3, -0.25) is 10.1 Å². The number of aromatic nitrogens is 6. The number of benzene rings is 2. The van der Waals surface area contributed by atoms with Crippen LogP contribution in [-0.2, 0) is 0 Å². The molecule has 0 radical (unpaired) electrons. The summed E-state index contributed by atoms with van der Waals surface area (Å²) in [5.74, 6) is 0. The van der Waals surface area contributed by atoms with Gasteiger partial charge in [0.1, 0.15) is 5.69 Å². The summed E-state index contributed by atoms with van der Waals surface area (Å²) in [7, 11) is 0. The van der Waals surface area contributed by atoms with Crippen LogP contribution in [0, 0.1) is 6.92 Å². The lowest BCUT2D eigenvalue weighted by Crippen LogP contribution is -1.98. The molecule has 0 amide bonds. The molecule has 0 spiro atoms. The zero-order chi connectivity index (χ0) is 24.6. The largest absolute Gasteiger partial charge is 0.358 e. The molecule has 6 rings (SSSR count). The summed E-state index contributed by atoms with van der Waals surface area (Å²) in [6.45, 7) is 8.25. The maximum absolute atomic E-state index is 4.66. The van der Waals surface area contributed by atoms with Crippen molar-refractivity contribution >= 4 is 27.5 Å². The van der Waals surface area contributed by atoms with Crippen molar-refractivity contribution in [1.29, 1.82) is 0 Å². The van der Waals surface area contributed by atoms with Gasteiger partial charge < -0.3 is 14.9 Å². The van der Waals surface area contributed by atoms with E-state index in [4.69, 9.17) is 0 Å². The van der Waals surface area contributed by atoms with Crippen molar-refractivity contribution in [2.45, 2.75) is 26.7 Å². The Labute approximate surface area is 208 Å². The Morgan fingerprint density at radius 2 is 1.94 bits per heavy atom. The Balaban J connectivity index is 1.40. The second kappa shape index (κ2) is 8.85. The van der Waals surface area contributed by atoms with Gasteiger partial charge in [0.25, 0.3) is 0 Å². The monoisotopic (exact) mass is 473 g/mol. The Kier molecular flexibility index (Phi) is 5.37. The number of H-pyrrole nitrogens is 2. The number of hydrogen-bond acceptors (Lipinski definition) is 4. The highest BCUT2D eigenvalue weighted by atomic mass is 15.1. The molecule has 7 heteroatoms. The van der Waals surface area contributed by atoms with Crippen molar-refractivity contribution in [2.24, 2.45) is 0 Å². The molecule has 4 heterocycles. The Morgan fingerprint density at radius 1 is 1.03 bits per heavy atom. The van der Waals surface area contributed by atoms with Crippen molar-refractivity contribution < 1.29 is 0 Å². The summed E-state index contributed by atoms with van der Waals surface area (Å²) in [5, 5.41) is 13.4. The van der Waals surface area contributed by atoms with Crippen LogP contribution in [0.3, 0.4) is 0 Å². The summed E-state index contributed by atoms with van der Waals surface area (Å²) < 4.78 is 2.05. The van der Waals surface area contributed by atoms with Crippen LogP contribution in [0.5, 0.6) is 0 Å². The fourth-order valence-electron chi connectivity index (χ4n) is 4.68. The number of rotatable bonds is 7. The molecule has 178 valence electrons. The SMILES string of the molecule is C=C(CCC)Nc1cncc(-c2ccc3[nH]nc(-c4cc5c(-n6cnc(C)c6)cccc5[nH]4)c3c2)c1. The minimum Gasteiger partial charge on any atom is -0.358 e. The third-order valence-corrected chi connectivity index (χ3v) is 6.39. The lowest BCUT2D eigenvalue weighted by atomic mass is 10.0. The number of imidazole rings is 1. The fourth-order valence-corrected chi connectivity index (χ4v) is 4.68. The summed E-state index contributed by atoms with van der Waals surface area (Å²) >= 11 is 0. The van der Waals surface area contributed by atoms with Crippen LogP contribution in [0.2, 0.25) is 0 Å². The van der Waals surface area contributed by atoms with Crippen molar-refractivity contribution in [3.05, 3.63) is 91.4 Å². The van der Waals surface area contributed by atoms with E-state index in [9.17, 15) is 0 Å². The van der Waals surface area contributed by atoms with Gasteiger partial charge in [-0.15, -0.1) is 0 Å². The van der Waals surface area contributed by atoms with Gasteiger partial charge in [0.2, 0.25) is 0 Å². The number of fused-ring (bicyclic) bond motifs is 2. The molecule has 0 aliphatic carbocycles. The standard InChI is InChI=1S/C29H27N7/c1-4-6-18(2)32-22-11-21(14-30-15-22)20-9-10-26-24(12-20)29(35-34-26)27-13-23-25(33-27)7-5-8-28(23)36-16-19(3)31-17-36/h5,7-17,32-33H,2,4,6H2,1,3H3,(H,34,35). The van der Waals surface area contributed by atoms with E-state index in [1.807, 2.05) is 31.8 Å². The first kappa shape index (κ1) is 21.9. The quantitative estimate of drug-likeness (QED) is 0.233. The minimum absolute atomic E-state index is 0.884. The molecule has 0 saturated heterocycles. The number of aryl methyl sites for hydroxylation is 1. The van der Waals surface area contributed by atoms with Crippen LogP contribution < -0.4 is 5.32 Å². The summed E-state index contributed by atoms with van der Waals surface area (Å²) in [6, 6.07) is 16.8. The number of nitrogens with one attached hydrogen (secondary N) is 3. The molecule has 4 aromatic heterocycles. The van der Waals surface area contributed by atoms with Gasteiger partial charge in [0.05, 0.1) is 40.8 Å². The van der Waals surface area contributed by atoms with Crippen LogP contribution in [0.1, 0.15) is 25.5 Å². The van der Waals surface area contributed by atoms with Gasteiger partial charge >= 0.3 is 0 Å². The minimum atomic E-state index is 0.884.